The molecule has 0 heterocycles. The van der Waals surface area contributed by atoms with Crippen LogP contribution in [0.4, 0.5) is 0 Å². The van der Waals surface area contributed by atoms with E-state index in [4.69, 9.17) is 0 Å². The van der Waals surface area contributed by atoms with Gasteiger partial charge in [0.15, 0.2) is 5.78 Å². The van der Waals surface area contributed by atoms with Gasteiger partial charge < -0.3 is 10.2 Å². The molecule has 0 bridgehead atoms. The maximum Gasteiger partial charge on any atom is 0.251 e. The zero-order chi connectivity index (χ0) is 23.4. The number of ketones is 1. The van der Waals surface area contributed by atoms with Crippen molar-refractivity contribution in [3.63, 3.8) is 0 Å². The van der Waals surface area contributed by atoms with Crippen molar-refractivity contribution in [2.45, 2.75) is 47.0 Å². The second-order valence-corrected chi connectivity index (χ2v) is 7.66. The lowest BCUT2D eigenvalue weighted by molar-refractivity contribution is 0.0958. The van der Waals surface area contributed by atoms with Crippen LogP contribution < -0.4 is 15.8 Å². The van der Waals surface area contributed by atoms with Gasteiger partial charge in [-0.1, -0.05) is 69.7 Å². The van der Waals surface area contributed by atoms with Gasteiger partial charge in [0.1, 0.15) is 0 Å². The fraction of sp³-hybridized carbons (Fsp3) is 0.407. The van der Waals surface area contributed by atoms with E-state index < -0.39 is 0 Å². The first-order chi connectivity index (χ1) is 14.8. The minimum absolute atomic E-state index is 0.108. The minimum atomic E-state index is -0.108. The molecule has 0 aliphatic heterocycles. The number of nitrogens with zero attached hydrogens (tertiary/aromatic N) is 1. The van der Waals surface area contributed by atoms with Crippen molar-refractivity contribution < 1.29 is 9.59 Å². The zero-order valence-corrected chi connectivity index (χ0v) is 20.0. The highest BCUT2D eigenvalue weighted by molar-refractivity contribution is 5.96. The zero-order valence-electron chi connectivity index (χ0n) is 20.0. The van der Waals surface area contributed by atoms with Crippen LogP contribution in [0.5, 0.6) is 0 Å². The van der Waals surface area contributed by atoms with Crippen LogP contribution in [0, 0.1) is 12.8 Å². The predicted molar refractivity (Wildman–Crippen MR) is 132 cm³/mol. The van der Waals surface area contributed by atoms with Gasteiger partial charge in [0.25, 0.3) is 5.91 Å². The van der Waals surface area contributed by atoms with Crippen LogP contribution in [0.1, 0.15) is 66.3 Å². The summed E-state index contributed by atoms with van der Waals surface area (Å²) in [4.78, 5) is 26.5. The van der Waals surface area contributed by atoms with Crippen molar-refractivity contribution in [1.82, 2.24) is 10.2 Å². The summed E-state index contributed by atoms with van der Waals surface area (Å²) in [6.07, 6.45) is 4.45. The van der Waals surface area contributed by atoms with Crippen molar-refractivity contribution in [2.24, 2.45) is 5.92 Å². The topological polar surface area (TPSA) is 49.4 Å². The molecule has 1 N–H and O–H groups in total. The highest BCUT2D eigenvalue weighted by atomic mass is 16.1. The summed E-state index contributed by atoms with van der Waals surface area (Å²) < 4.78 is 0. The molecule has 1 atom stereocenters. The van der Waals surface area contributed by atoms with Crippen molar-refractivity contribution in [3.05, 3.63) is 69.6 Å². The lowest BCUT2D eigenvalue weighted by Gasteiger charge is -2.22. The average molecular weight is 423 g/mol. The normalized spacial score (nSPS) is 11.9. The van der Waals surface area contributed by atoms with Crippen LogP contribution >= 0.6 is 0 Å². The van der Waals surface area contributed by atoms with Crippen LogP contribution in [0.2, 0.25) is 0 Å². The van der Waals surface area contributed by atoms with E-state index in [1.54, 1.807) is 13.1 Å². The lowest BCUT2D eigenvalue weighted by Crippen LogP contribution is -2.31. The summed E-state index contributed by atoms with van der Waals surface area (Å²) in [6.45, 7) is 13.1. The van der Waals surface area contributed by atoms with E-state index in [1.807, 2.05) is 70.4 Å². The summed E-state index contributed by atoms with van der Waals surface area (Å²) in [5.74, 6) is 0.512. The molecule has 0 aromatic heterocycles. The maximum absolute atomic E-state index is 12.5. The third-order valence-corrected chi connectivity index (χ3v) is 5.27. The van der Waals surface area contributed by atoms with E-state index in [0.717, 1.165) is 41.0 Å². The molecule has 0 radical (unpaired) electrons. The van der Waals surface area contributed by atoms with E-state index in [9.17, 15) is 9.59 Å². The molecule has 0 aliphatic carbocycles. The third-order valence-electron chi connectivity index (χ3n) is 5.27. The molecular weight excluding hydrogens is 384 g/mol. The van der Waals surface area contributed by atoms with Crippen molar-refractivity contribution >= 4 is 24.5 Å². The van der Waals surface area contributed by atoms with Gasteiger partial charge in [-0.05, 0) is 41.8 Å². The van der Waals surface area contributed by atoms with Crippen LogP contribution in [0.25, 0.3) is 12.8 Å². The summed E-state index contributed by atoms with van der Waals surface area (Å²) in [7, 11) is 3.65. The number of carbonyl (C=O) groups excluding carboxylic acids is 2. The van der Waals surface area contributed by atoms with E-state index in [2.05, 4.69) is 23.7 Å². The molecule has 4 nitrogen and oxygen atoms in total. The van der Waals surface area contributed by atoms with E-state index in [1.165, 1.54) is 0 Å². The Balaban J connectivity index is 0.00000233. The Kier molecular flexibility index (Phi) is 11.3. The van der Waals surface area contributed by atoms with Gasteiger partial charge in [0, 0.05) is 44.4 Å². The Labute approximate surface area is 187 Å². The molecule has 2 aromatic rings. The maximum atomic E-state index is 12.5. The summed E-state index contributed by atoms with van der Waals surface area (Å²) in [5, 5.41) is 4.46. The fourth-order valence-electron chi connectivity index (χ4n) is 3.34. The van der Waals surface area contributed by atoms with E-state index in [0.29, 0.717) is 17.9 Å². The number of aryl methyl sites for hydroxylation is 1. The van der Waals surface area contributed by atoms with Gasteiger partial charge in [-0.25, -0.2) is 0 Å². The van der Waals surface area contributed by atoms with Gasteiger partial charge >= 0.3 is 0 Å². The van der Waals surface area contributed by atoms with Crippen LogP contribution in [0.15, 0.2) is 42.5 Å². The number of benzene rings is 2. The summed E-state index contributed by atoms with van der Waals surface area (Å²) in [6, 6.07) is 13.3. The molecule has 1 unspecified atom stereocenters. The molecule has 0 saturated carbocycles. The number of rotatable bonds is 9. The van der Waals surface area contributed by atoms with Gasteiger partial charge in [0.2, 0.25) is 0 Å². The first-order valence-electron chi connectivity index (χ1n) is 11.2. The summed E-state index contributed by atoms with van der Waals surface area (Å²) in [5.41, 5.74) is 2.57. The largest absolute Gasteiger partial charge is 0.380 e. The van der Waals surface area contributed by atoms with Crippen molar-refractivity contribution in [1.29, 1.82) is 0 Å². The molecule has 168 valence electrons. The monoisotopic (exact) mass is 422 g/mol. The number of nitrogens with one attached hydrogen (secondary N) is 1. The second kappa shape index (κ2) is 13.4. The predicted octanol–water partition coefficient (Wildman–Crippen LogP) is 4.15. The quantitative estimate of drug-likeness (QED) is 0.618. The molecule has 0 spiro atoms. The molecule has 2 rings (SSSR count). The standard InChI is InChI=1S/C25H32N2O2.C2H6/c1-6-20(10-14-24(28)21-11-7-18(2)8-12-21)16-27(5)17-23-15-22(25(29)26-4)13-9-19(23)3;1-2/h7-9,11-13,15,17,20H,3,6,10,14,16H2,1-2,4-5H3,(H,26,29);1-2H3/b23-17-;. The molecular formula is C27H38N2O2. The Morgan fingerprint density at radius 3 is 2.29 bits per heavy atom. The van der Waals surface area contributed by atoms with Crippen molar-refractivity contribution in [2.75, 3.05) is 20.6 Å². The molecule has 31 heavy (non-hydrogen) atoms. The molecule has 2 aromatic carbocycles. The third kappa shape index (κ3) is 8.41. The number of hydrogen-bond donors (Lipinski definition) is 1. The Bertz CT molecular complexity index is 948. The van der Waals surface area contributed by atoms with Crippen LogP contribution in [-0.4, -0.2) is 37.2 Å². The Morgan fingerprint density at radius 2 is 1.71 bits per heavy atom. The van der Waals surface area contributed by atoms with Gasteiger partial charge in [0.05, 0.1) is 0 Å². The van der Waals surface area contributed by atoms with Gasteiger partial charge in [-0.3, -0.25) is 9.59 Å². The number of hydrogen-bond acceptors (Lipinski definition) is 3. The Morgan fingerprint density at radius 1 is 1.10 bits per heavy atom. The fourth-order valence-corrected chi connectivity index (χ4v) is 3.34. The second-order valence-electron chi connectivity index (χ2n) is 7.66. The van der Waals surface area contributed by atoms with Crippen LogP contribution in [-0.2, 0) is 0 Å². The molecule has 0 saturated heterocycles. The molecule has 0 fully saturated rings. The highest BCUT2D eigenvalue weighted by Gasteiger charge is 2.12. The smallest absolute Gasteiger partial charge is 0.251 e. The van der Waals surface area contributed by atoms with Crippen LogP contribution in [0.3, 0.4) is 0 Å². The molecule has 0 aliphatic rings. The van der Waals surface area contributed by atoms with Gasteiger partial charge in [-0.15, -0.1) is 0 Å². The Hall–Kier alpha value is -2.88. The van der Waals surface area contributed by atoms with Crippen molar-refractivity contribution in [3.8, 4) is 0 Å². The SMILES string of the molecule is C=c1ccc(C(=O)NC)c/c1=C/N(C)CC(CC)CCC(=O)c1ccc(C)cc1.CC. The number of carbonyl (C=O) groups is 2. The minimum Gasteiger partial charge on any atom is -0.380 e. The number of Topliss-reactive ketones (excluding diaryl/α,β-unsaturated/α-hetero) is 1. The highest BCUT2D eigenvalue weighted by Crippen LogP contribution is 2.16. The summed E-state index contributed by atoms with van der Waals surface area (Å²) >= 11 is 0. The van der Waals surface area contributed by atoms with E-state index in [-0.39, 0.29) is 11.7 Å². The first kappa shape index (κ1) is 26.2. The number of amides is 1. The van der Waals surface area contributed by atoms with Gasteiger partial charge in [-0.2, -0.15) is 0 Å². The molecule has 1 amide bonds. The first-order valence-corrected chi connectivity index (χ1v) is 11.2. The van der Waals surface area contributed by atoms with E-state index >= 15 is 0 Å². The molecule has 4 heteroatoms. The average Bonchev–Trinajstić information content (AvgIpc) is 2.79. The lowest BCUT2D eigenvalue weighted by atomic mass is 9.96.